The lowest BCUT2D eigenvalue weighted by molar-refractivity contribution is -0.140. The summed E-state index contributed by atoms with van der Waals surface area (Å²) >= 11 is 0. The standard InChI is InChI=1S/C33H39NO3/c1-23(2)21-29(27-11-13-28(14-12-27)32(36)34-20-19-31(35)37-6)22-24-7-9-25(10-8-24)26-15-17-30(18-16-26)33(3,4)5/h7-18,22-23H,19-21H2,1-6H3,(H,34,36)/b29-22+. The van der Waals surface area contributed by atoms with Gasteiger partial charge in [0.05, 0.1) is 13.5 Å². The number of methoxy groups -OCH3 is 1. The van der Waals surface area contributed by atoms with E-state index in [9.17, 15) is 9.59 Å². The lowest BCUT2D eigenvalue weighted by Crippen LogP contribution is -2.26. The molecule has 0 aliphatic carbocycles. The summed E-state index contributed by atoms with van der Waals surface area (Å²) in [6.07, 6.45) is 3.32. The van der Waals surface area contributed by atoms with Gasteiger partial charge in [0.15, 0.2) is 0 Å². The summed E-state index contributed by atoms with van der Waals surface area (Å²) in [5, 5.41) is 2.76. The lowest BCUT2D eigenvalue weighted by atomic mass is 9.86. The Morgan fingerprint density at radius 1 is 0.838 bits per heavy atom. The predicted octanol–water partition coefficient (Wildman–Crippen LogP) is 7.53. The molecule has 0 bridgehead atoms. The van der Waals surface area contributed by atoms with Crippen LogP contribution in [0.25, 0.3) is 22.8 Å². The van der Waals surface area contributed by atoms with Gasteiger partial charge in [0.1, 0.15) is 0 Å². The van der Waals surface area contributed by atoms with E-state index in [4.69, 9.17) is 0 Å². The van der Waals surface area contributed by atoms with Crippen LogP contribution in [-0.2, 0) is 14.9 Å². The fraction of sp³-hybridized carbons (Fsp3) is 0.333. The van der Waals surface area contributed by atoms with E-state index in [1.807, 2.05) is 24.3 Å². The van der Waals surface area contributed by atoms with E-state index in [-0.39, 0.29) is 30.3 Å². The van der Waals surface area contributed by atoms with Crippen LogP contribution in [-0.4, -0.2) is 25.5 Å². The summed E-state index contributed by atoms with van der Waals surface area (Å²) in [7, 11) is 1.34. The van der Waals surface area contributed by atoms with Gasteiger partial charge in [-0.3, -0.25) is 9.59 Å². The van der Waals surface area contributed by atoms with Crippen LogP contribution in [0.3, 0.4) is 0 Å². The number of nitrogens with one attached hydrogen (secondary N) is 1. The number of allylic oxidation sites excluding steroid dienone is 1. The minimum absolute atomic E-state index is 0.145. The summed E-state index contributed by atoms with van der Waals surface area (Å²) in [4.78, 5) is 23.6. The average Bonchev–Trinajstić information content (AvgIpc) is 2.88. The van der Waals surface area contributed by atoms with Crippen molar-refractivity contribution in [1.29, 1.82) is 0 Å². The van der Waals surface area contributed by atoms with Crippen molar-refractivity contribution in [3.8, 4) is 11.1 Å². The molecule has 0 aromatic heterocycles. The molecule has 1 amide bonds. The van der Waals surface area contributed by atoms with E-state index < -0.39 is 0 Å². The highest BCUT2D eigenvalue weighted by Gasteiger charge is 2.13. The third-order valence-corrected chi connectivity index (χ3v) is 6.32. The van der Waals surface area contributed by atoms with Gasteiger partial charge in [-0.1, -0.05) is 101 Å². The van der Waals surface area contributed by atoms with Gasteiger partial charge in [0.2, 0.25) is 0 Å². The van der Waals surface area contributed by atoms with Crippen LogP contribution in [0.2, 0.25) is 0 Å². The van der Waals surface area contributed by atoms with E-state index in [0.29, 0.717) is 11.5 Å². The molecule has 3 aromatic rings. The van der Waals surface area contributed by atoms with Crippen LogP contribution in [0.4, 0.5) is 0 Å². The molecule has 0 saturated heterocycles. The van der Waals surface area contributed by atoms with Crippen molar-refractivity contribution < 1.29 is 14.3 Å². The van der Waals surface area contributed by atoms with Gasteiger partial charge in [-0.25, -0.2) is 0 Å². The van der Waals surface area contributed by atoms with Crippen molar-refractivity contribution in [3.63, 3.8) is 0 Å². The summed E-state index contributed by atoms with van der Waals surface area (Å²) in [5.74, 6) is -0.0466. The first-order valence-electron chi connectivity index (χ1n) is 12.9. The van der Waals surface area contributed by atoms with Crippen LogP contribution in [0, 0.1) is 5.92 Å². The zero-order valence-corrected chi connectivity index (χ0v) is 22.9. The van der Waals surface area contributed by atoms with Crippen molar-refractivity contribution in [1.82, 2.24) is 5.32 Å². The maximum Gasteiger partial charge on any atom is 0.307 e. The van der Waals surface area contributed by atoms with Gasteiger partial charge >= 0.3 is 5.97 Å². The van der Waals surface area contributed by atoms with Crippen molar-refractivity contribution in [2.75, 3.05) is 13.7 Å². The van der Waals surface area contributed by atoms with E-state index in [2.05, 4.69) is 99.3 Å². The number of carbonyl (C=O) groups excluding carboxylic acids is 2. The number of carbonyl (C=O) groups is 2. The smallest absolute Gasteiger partial charge is 0.307 e. The molecule has 0 spiro atoms. The third kappa shape index (κ3) is 8.18. The molecule has 4 heteroatoms. The third-order valence-electron chi connectivity index (χ3n) is 6.32. The zero-order valence-electron chi connectivity index (χ0n) is 22.9. The molecule has 0 aliphatic heterocycles. The molecule has 3 aromatic carbocycles. The second-order valence-electron chi connectivity index (χ2n) is 10.9. The Bertz CT molecular complexity index is 1210. The number of ether oxygens (including phenoxy) is 1. The second kappa shape index (κ2) is 12.5. The fourth-order valence-corrected chi connectivity index (χ4v) is 4.15. The van der Waals surface area contributed by atoms with Crippen molar-refractivity contribution in [3.05, 3.63) is 95.1 Å². The minimum Gasteiger partial charge on any atom is -0.469 e. The highest BCUT2D eigenvalue weighted by Crippen LogP contribution is 2.29. The monoisotopic (exact) mass is 497 g/mol. The Morgan fingerprint density at radius 3 is 1.89 bits per heavy atom. The van der Waals surface area contributed by atoms with E-state index >= 15 is 0 Å². The highest BCUT2D eigenvalue weighted by atomic mass is 16.5. The molecule has 0 fully saturated rings. The first kappa shape index (κ1) is 27.9. The molecule has 194 valence electrons. The largest absolute Gasteiger partial charge is 0.469 e. The molecule has 0 atom stereocenters. The van der Waals surface area contributed by atoms with Gasteiger partial charge in [-0.05, 0) is 63.3 Å². The molecule has 0 unspecified atom stereocenters. The van der Waals surface area contributed by atoms with Gasteiger partial charge in [0, 0.05) is 12.1 Å². The number of hydrogen-bond donors (Lipinski definition) is 1. The Morgan fingerprint density at radius 2 is 1.38 bits per heavy atom. The van der Waals surface area contributed by atoms with Crippen molar-refractivity contribution >= 4 is 23.5 Å². The molecule has 0 saturated carbocycles. The topological polar surface area (TPSA) is 55.4 Å². The van der Waals surface area contributed by atoms with Gasteiger partial charge in [-0.15, -0.1) is 0 Å². The van der Waals surface area contributed by atoms with E-state index in [1.54, 1.807) is 0 Å². The maximum atomic E-state index is 12.4. The first-order valence-corrected chi connectivity index (χ1v) is 12.9. The Kier molecular flexibility index (Phi) is 9.46. The Labute approximate surface area is 221 Å². The second-order valence-corrected chi connectivity index (χ2v) is 10.9. The maximum absolute atomic E-state index is 12.4. The number of benzene rings is 3. The SMILES string of the molecule is COC(=O)CCNC(=O)c1ccc(/C(=C/c2ccc(-c3ccc(C(C)(C)C)cc3)cc2)CC(C)C)cc1. The van der Waals surface area contributed by atoms with Crippen LogP contribution >= 0.6 is 0 Å². The Balaban J connectivity index is 1.75. The molecule has 0 aliphatic rings. The predicted molar refractivity (Wildman–Crippen MR) is 153 cm³/mol. The zero-order chi connectivity index (χ0) is 27.0. The molecular formula is C33H39NO3. The lowest BCUT2D eigenvalue weighted by Gasteiger charge is -2.19. The molecule has 1 N–H and O–H groups in total. The van der Waals surface area contributed by atoms with Crippen LogP contribution in [0.15, 0.2) is 72.8 Å². The molecule has 4 nitrogen and oxygen atoms in total. The minimum atomic E-state index is -0.342. The summed E-state index contributed by atoms with van der Waals surface area (Å²) in [6.45, 7) is 11.4. The van der Waals surface area contributed by atoms with Crippen molar-refractivity contribution in [2.24, 2.45) is 5.92 Å². The molecule has 0 radical (unpaired) electrons. The summed E-state index contributed by atoms with van der Waals surface area (Å²) < 4.78 is 4.61. The Hall–Kier alpha value is -3.66. The van der Waals surface area contributed by atoms with Crippen LogP contribution < -0.4 is 5.32 Å². The van der Waals surface area contributed by atoms with Crippen molar-refractivity contribution in [2.45, 2.75) is 52.9 Å². The molecular weight excluding hydrogens is 458 g/mol. The van der Waals surface area contributed by atoms with Crippen LogP contribution in [0.1, 0.15) is 74.5 Å². The summed E-state index contributed by atoms with van der Waals surface area (Å²) in [5.41, 5.74) is 7.94. The average molecular weight is 498 g/mol. The van der Waals surface area contributed by atoms with E-state index in [0.717, 1.165) is 17.5 Å². The van der Waals surface area contributed by atoms with Gasteiger partial charge in [0.25, 0.3) is 5.91 Å². The number of esters is 1. The van der Waals surface area contributed by atoms with Gasteiger partial charge in [-0.2, -0.15) is 0 Å². The molecule has 3 rings (SSSR count). The molecule has 0 heterocycles. The highest BCUT2D eigenvalue weighted by molar-refractivity contribution is 5.95. The van der Waals surface area contributed by atoms with Crippen LogP contribution in [0.5, 0.6) is 0 Å². The fourth-order valence-electron chi connectivity index (χ4n) is 4.15. The first-order chi connectivity index (χ1) is 17.6. The number of hydrogen-bond acceptors (Lipinski definition) is 3. The quantitative estimate of drug-likeness (QED) is 0.245. The molecule has 37 heavy (non-hydrogen) atoms. The van der Waals surface area contributed by atoms with Gasteiger partial charge < -0.3 is 10.1 Å². The normalized spacial score (nSPS) is 11.9. The summed E-state index contributed by atoms with van der Waals surface area (Å²) in [6, 6.07) is 25.2. The van der Waals surface area contributed by atoms with E-state index in [1.165, 1.54) is 29.4 Å². The number of rotatable bonds is 9. The number of amides is 1.